The van der Waals surface area contributed by atoms with E-state index in [-0.39, 0.29) is 0 Å². The van der Waals surface area contributed by atoms with Crippen LogP contribution in [0.5, 0.6) is 0 Å². The minimum Gasteiger partial charge on any atom is -0.478 e. The van der Waals surface area contributed by atoms with Crippen LogP contribution in [0, 0.1) is 5.92 Å². The number of benzene rings is 1. The molecular weight excluding hydrogens is 190 g/mol. The molecule has 1 aliphatic carbocycles. The molecule has 0 bridgehead atoms. The number of carbonyl (C=O) groups is 1. The van der Waals surface area contributed by atoms with Gasteiger partial charge in [-0.25, -0.2) is 4.79 Å². The van der Waals surface area contributed by atoms with E-state index in [4.69, 9.17) is 5.11 Å². The van der Waals surface area contributed by atoms with Gasteiger partial charge in [-0.05, 0) is 49.9 Å². The van der Waals surface area contributed by atoms with Crippen LogP contribution in [0.2, 0.25) is 0 Å². The molecule has 3 nitrogen and oxygen atoms in total. The van der Waals surface area contributed by atoms with Crippen molar-refractivity contribution in [1.29, 1.82) is 0 Å². The summed E-state index contributed by atoms with van der Waals surface area (Å²) in [6.07, 6.45) is 2.61. The third-order valence-corrected chi connectivity index (χ3v) is 2.86. The summed E-state index contributed by atoms with van der Waals surface area (Å²) in [6, 6.07) is 7.39. The molecule has 1 fully saturated rings. The third kappa shape index (κ3) is 2.49. The van der Waals surface area contributed by atoms with Gasteiger partial charge in [0.05, 0.1) is 5.56 Å². The van der Waals surface area contributed by atoms with Crippen LogP contribution in [0.1, 0.15) is 30.1 Å². The summed E-state index contributed by atoms with van der Waals surface area (Å²) in [5.74, 6) is -0.0825. The molecule has 0 spiro atoms. The van der Waals surface area contributed by atoms with E-state index in [2.05, 4.69) is 12.2 Å². The van der Waals surface area contributed by atoms with Crippen molar-refractivity contribution < 1.29 is 9.90 Å². The van der Waals surface area contributed by atoms with Crippen LogP contribution >= 0.6 is 0 Å². The van der Waals surface area contributed by atoms with E-state index in [0.717, 1.165) is 11.6 Å². The topological polar surface area (TPSA) is 49.3 Å². The fourth-order valence-electron chi connectivity index (χ4n) is 1.69. The molecule has 2 N–H and O–H groups in total. The van der Waals surface area contributed by atoms with Crippen LogP contribution in [0.15, 0.2) is 24.3 Å². The van der Waals surface area contributed by atoms with Gasteiger partial charge in [0, 0.05) is 11.7 Å². The number of aromatic carboxylic acids is 1. The molecule has 0 heterocycles. The van der Waals surface area contributed by atoms with E-state index in [1.54, 1.807) is 12.1 Å². The molecule has 0 aromatic heterocycles. The maximum Gasteiger partial charge on any atom is 0.335 e. The second-order valence-corrected chi connectivity index (χ2v) is 4.15. The van der Waals surface area contributed by atoms with E-state index < -0.39 is 5.97 Å². The molecule has 1 aromatic carbocycles. The molecule has 1 atom stereocenters. The van der Waals surface area contributed by atoms with Crippen LogP contribution in [0.25, 0.3) is 0 Å². The fraction of sp³-hybridized carbons (Fsp3) is 0.417. The van der Waals surface area contributed by atoms with Gasteiger partial charge in [0.15, 0.2) is 0 Å². The standard InChI is InChI=1S/C12H15NO2/c1-8(9-2-3-9)13-11-6-4-10(5-7-11)12(14)15/h4-9,13H,2-3H2,1H3,(H,14,15). The Labute approximate surface area is 89.1 Å². The molecule has 1 unspecified atom stereocenters. The third-order valence-electron chi connectivity index (χ3n) is 2.86. The zero-order valence-electron chi connectivity index (χ0n) is 8.73. The van der Waals surface area contributed by atoms with Crippen molar-refractivity contribution in [1.82, 2.24) is 0 Å². The van der Waals surface area contributed by atoms with Crippen molar-refractivity contribution in [2.24, 2.45) is 5.92 Å². The molecule has 0 aliphatic heterocycles. The van der Waals surface area contributed by atoms with Gasteiger partial charge in [0.25, 0.3) is 0 Å². The summed E-state index contributed by atoms with van der Waals surface area (Å²) in [4.78, 5) is 10.6. The first-order valence-corrected chi connectivity index (χ1v) is 5.26. The molecule has 0 saturated heterocycles. The average Bonchev–Trinajstić information content (AvgIpc) is 3.01. The van der Waals surface area contributed by atoms with Crippen LogP contribution in [0.4, 0.5) is 5.69 Å². The van der Waals surface area contributed by atoms with Gasteiger partial charge < -0.3 is 10.4 Å². The maximum absolute atomic E-state index is 10.6. The van der Waals surface area contributed by atoms with Crippen LogP contribution < -0.4 is 5.32 Å². The van der Waals surface area contributed by atoms with Crippen molar-refractivity contribution in [3.63, 3.8) is 0 Å². The molecule has 80 valence electrons. The quantitative estimate of drug-likeness (QED) is 0.794. The van der Waals surface area contributed by atoms with Gasteiger partial charge in [-0.3, -0.25) is 0 Å². The lowest BCUT2D eigenvalue weighted by Crippen LogP contribution is -2.17. The lowest BCUT2D eigenvalue weighted by atomic mass is 10.1. The molecule has 1 saturated carbocycles. The molecule has 1 aliphatic rings. The van der Waals surface area contributed by atoms with Crippen molar-refractivity contribution in [2.45, 2.75) is 25.8 Å². The Morgan fingerprint density at radius 2 is 2.00 bits per heavy atom. The molecule has 2 rings (SSSR count). The van der Waals surface area contributed by atoms with Gasteiger partial charge in [0.2, 0.25) is 0 Å². The average molecular weight is 205 g/mol. The Morgan fingerprint density at radius 3 is 2.47 bits per heavy atom. The molecular formula is C12H15NO2. The highest BCUT2D eigenvalue weighted by molar-refractivity contribution is 5.87. The number of nitrogens with one attached hydrogen (secondary N) is 1. The van der Waals surface area contributed by atoms with Crippen LogP contribution in [0.3, 0.4) is 0 Å². The van der Waals surface area contributed by atoms with Gasteiger partial charge >= 0.3 is 5.97 Å². The number of rotatable bonds is 4. The highest BCUT2D eigenvalue weighted by Crippen LogP contribution is 2.33. The Bertz CT molecular complexity index is 354. The van der Waals surface area contributed by atoms with Gasteiger partial charge in [-0.1, -0.05) is 0 Å². The van der Waals surface area contributed by atoms with E-state index in [1.165, 1.54) is 12.8 Å². The summed E-state index contributed by atoms with van der Waals surface area (Å²) >= 11 is 0. The first-order chi connectivity index (χ1) is 7.16. The number of hydrogen-bond acceptors (Lipinski definition) is 2. The van der Waals surface area contributed by atoms with E-state index >= 15 is 0 Å². The van der Waals surface area contributed by atoms with Gasteiger partial charge in [0.1, 0.15) is 0 Å². The number of anilines is 1. The monoisotopic (exact) mass is 205 g/mol. The predicted molar refractivity (Wildman–Crippen MR) is 59.2 cm³/mol. The number of hydrogen-bond donors (Lipinski definition) is 2. The summed E-state index contributed by atoms with van der Waals surface area (Å²) in [6.45, 7) is 2.17. The minimum absolute atomic E-state index is 0.333. The molecule has 0 amide bonds. The summed E-state index contributed by atoms with van der Waals surface area (Å²) < 4.78 is 0. The summed E-state index contributed by atoms with van der Waals surface area (Å²) in [7, 11) is 0. The van der Waals surface area contributed by atoms with Crippen molar-refractivity contribution in [3.05, 3.63) is 29.8 Å². The van der Waals surface area contributed by atoms with E-state index in [1.807, 2.05) is 12.1 Å². The normalized spacial score (nSPS) is 17.1. The van der Waals surface area contributed by atoms with Crippen molar-refractivity contribution in [2.75, 3.05) is 5.32 Å². The van der Waals surface area contributed by atoms with Crippen molar-refractivity contribution >= 4 is 11.7 Å². The van der Waals surface area contributed by atoms with Gasteiger partial charge in [-0.2, -0.15) is 0 Å². The SMILES string of the molecule is CC(Nc1ccc(C(=O)O)cc1)C1CC1. The van der Waals surface area contributed by atoms with Crippen molar-refractivity contribution in [3.8, 4) is 0 Å². The highest BCUT2D eigenvalue weighted by atomic mass is 16.4. The largest absolute Gasteiger partial charge is 0.478 e. The smallest absolute Gasteiger partial charge is 0.335 e. The molecule has 15 heavy (non-hydrogen) atoms. The molecule has 3 heteroatoms. The zero-order valence-corrected chi connectivity index (χ0v) is 8.73. The lowest BCUT2D eigenvalue weighted by Gasteiger charge is -2.14. The fourth-order valence-corrected chi connectivity index (χ4v) is 1.69. The Hall–Kier alpha value is -1.51. The maximum atomic E-state index is 10.6. The van der Waals surface area contributed by atoms with Gasteiger partial charge in [-0.15, -0.1) is 0 Å². The second kappa shape index (κ2) is 3.93. The highest BCUT2D eigenvalue weighted by Gasteiger charge is 2.27. The predicted octanol–water partition coefficient (Wildman–Crippen LogP) is 2.60. The Kier molecular flexibility index (Phi) is 2.62. The summed E-state index contributed by atoms with van der Waals surface area (Å²) in [5.41, 5.74) is 1.33. The minimum atomic E-state index is -0.878. The first kappa shape index (κ1) is 10.0. The lowest BCUT2D eigenvalue weighted by molar-refractivity contribution is 0.0697. The number of carboxylic acids is 1. The van der Waals surface area contributed by atoms with E-state index in [9.17, 15) is 4.79 Å². The first-order valence-electron chi connectivity index (χ1n) is 5.26. The van der Waals surface area contributed by atoms with Crippen LogP contribution in [-0.4, -0.2) is 17.1 Å². The Morgan fingerprint density at radius 1 is 1.40 bits per heavy atom. The molecule has 1 aromatic rings. The molecule has 0 radical (unpaired) electrons. The Balaban J connectivity index is 1.99. The second-order valence-electron chi connectivity index (χ2n) is 4.15. The van der Waals surface area contributed by atoms with Crippen LogP contribution in [-0.2, 0) is 0 Å². The summed E-state index contributed by atoms with van der Waals surface area (Å²) in [5, 5.41) is 12.1. The number of carboxylic acid groups (broad SMARTS) is 1. The van der Waals surface area contributed by atoms with E-state index in [0.29, 0.717) is 11.6 Å². The zero-order chi connectivity index (χ0) is 10.8.